The van der Waals surface area contributed by atoms with Crippen LogP contribution in [0, 0.1) is 5.82 Å². The molecule has 108 valence electrons. The highest BCUT2D eigenvalue weighted by atomic mass is 19.1. The number of halogens is 1. The van der Waals surface area contributed by atoms with Gasteiger partial charge in [-0.25, -0.2) is 4.39 Å². The number of carbonyl (C=O) groups excluding carboxylic acids is 1. The maximum Gasteiger partial charge on any atom is 0.256 e. The smallest absolute Gasteiger partial charge is 0.256 e. The molecule has 4 nitrogen and oxygen atoms in total. The number of morpholine rings is 1. The first-order valence-corrected chi connectivity index (χ1v) is 7.14. The van der Waals surface area contributed by atoms with Gasteiger partial charge in [0, 0.05) is 12.2 Å². The Kier molecular flexibility index (Phi) is 3.61. The van der Waals surface area contributed by atoms with Gasteiger partial charge in [0.15, 0.2) is 0 Å². The van der Waals surface area contributed by atoms with Gasteiger partial charge >= 0.3 is 0 Å². The lowest BCUT2D eigenvalue weighted by atomic mass is 9.89. The molecule has 1 saturated carbocycles. The van der Waals surface area contributed by atoms with Crippen LogP contribution in [0.15, 0.2) is 18.2 Å². The fraction of sp³-hybridized carbons (Fsp3) is 0.533. The molecule has 2 atom stereocenters. The molecule has 1 aliphatic heterocycles. The third-order valence-corrected chi connectivity index (χ3v) is 4.24. The van der Waals surface area contributed by atoms with Crippen molar-refractivity contribution in [3.05, 3.63) is 29.6 Å². The summed E-state index contributed by atoms with van der Waals surface area (Å²) in [4.78, 5) is 14.5. The summed E-state index contributed by atoms with van der Waals surface area (Å²) in [7, 11) is 0. The molecular formula is C15H19FN2O2. The molecular weight excluding hydrogens is 259 g/mol. The summed E-state index contributed by atoms with van der Waals surface area (Å²) in [6.45, 7) is 1.10. The average molecular weight is 278 g/mol. The lowest BCUT2D eigenvalue weighted by Gasteiger charge is -2.43. The Hall–Kier alpha value is -1.62. The van der Waals surface area contributed by atoms with E-state index in [4.69, 9.17) is 10.5 Å². The maximum absolute atomic E-state index is 13.4. The van der Waals surface area contributed by atoms with E-state index in [1.807, 2.05) is 4.90 Å². The van der Waals surface area contributed by atoms with E-state index in [1.54, 1.807) is 0 Å². The molecule has 0 bridgehead atoms. The van der Waals surface area contributed by atoms with Gasteiger partial charge in [-0.15, -0.1) is 0 Å². The summed E-state index contributed by atoms with van der Waals surface area (Å²) < 4.78 is 19.1. The minimum atomic E-state index is -0.434. The Bertz CT molecular complexity index is 519. The Morgan fingerprint density at radius 1 is 1.35 bits per heavy atom. The Balaban J connectivity index is 1.87. The summed E-state index contributed by atoms with van der Waals surface area (Å²) >= 11 is 0. The standard InChI is InChI=1S/C15H19FN2O2/c16-10-5-6-12(17)11(9-10)15(19)18-7-8-20-14-4-2-1-3-13(14)18/h5-6,9,13-14H,1-4,7-8,17H2. The molecule has 1 heterocycles. The SMILES string of the molecule is Nc1ccc(F)cc1C(=O)N1CCOC2CCCCC21. The number of hydrogen-bond acceptors (Lipinski definition) is 3. The quantitative estimate of drug-likeness (QED) is 0.801. The van der Waals surface area contributed by atoms with Gasteiger partial charge in [-0.05, 0) is 31.0 Å². The highest BCUT2D eigenvalue weighted by molar-refractivity contribution is 5.99. The van der Waals surface area contributed by atoms with Crippen molar-refractivity contribution in [1.29, 1.82) is 0 Å². The van der Waals surface area contributed by atoms with Gasteiger partial charge < -0.3 is 15.4 Å². The zero-order chi connectivity index (χ0) is 14.1. The second kappa shape index (κ2) is 5.40. The molecule has 1 aliphatic carbocycles. The number of anilines is 1. The third-order valence-electron chi connectivity index (χ3n) is 4.24. The zero-order valence-corrected chi connectivity index (χ0v) is 11.3. The molecule has 1 amide bonds. The van der Waals surface area contributed by atoms with E-state index in [0.717, 1.165) is 25.7 Å². The van der Waals surface area contributed by atoms with Gasteiger partial charge in [0.1, 0.15) is 5.82 Å². The number of fused-ring (bicyclic) bond motifs is 1. The molecule has 2 N–H and O–H groups in total. The van der Waals surface area contributed by atoms with E-state index < -0.39 is 5.82 Å². The van der Waals surface area contributed by atoms with E-state index in [-0.39, 0.29) is 23.6 Å². The zero-order valence-electron chi connectivity index (χ0n) is 11.3. The van der Waals surface area contributed by atoms with Crippen LogP contribution in [0.3, 0.4) is 0 Å². The largest absolute Gasteiger partial charge is 0.398 e. The van der Waals surface area contributed by atoms with Gasteiger partial charge in [0.05, 0.1) is 24.3 Å². The van der Waals surface area contributed by atoms with Gasteiger partial charge in [-0.3, -0.25) is 4.79 Å². The number of hydrogen-bond donors (Lipinski definition) is 1. The fourth-order valence-corrected chi connectivity index (χ4v) is 3.22. The fourth-order valence-electron chi connectivity index (χ4n) is 3.22. The van der Waals surface area contributed by atoms with E-state index in [1.165, 1.54) is 18.2 Å². The predicted octanol–water partition coefficient (Wildman–Crippen LogP) is 2.19. The first-order chi connectivity index (χ1) is 9.66. The maximum atomic E-state index is 13.4. The first kappa shape index (κ1) is 13.4. The van der Waals surface area contributed by atoms with Crippen LogP contribution >= 0.6 is 0 Å². The molecule has 2 unspecified atom stereocenters. The summed E-state index contributed by atoms with van der Waals surface area (Å²) in [5, 5.41) is 0. The third kappa shape index (κ3) is 2.38. The van der Waals surface area contributed by atoms with Crippen LogP contribution in [0.4, 0.5) is 10.1 Å². The minimum absolute atomic E-state index is 0.104. The average Bonchev–Trinajstić information content (AvgIpc) is 2.48. The summed E-state index contributed by atoms with van der Waals surface area (Å²) in [6.07, 6.45) is 4.31. The summed E-state index contributed by atoms with van der Waals surface area (Å²) in [5.74, 6) is -0.613. The van der Waals surface area contributed by atoms with Crippen LogP contribution in [0.5, 0.6) is 0 Å². The van der Waals surface area contributed by atoms with Gasteiger partial charge in [-0.2, -0.15) is 0 Å². The van der Waals surface area contributed by atoms with E-state index >= 15 is 0 Å². The second-order valence-electron chi connectivity index (χ2n) is 5.49. The van der Waals surface area contributed by atoms with Crippen molar-refractivity contribution in [2.45, 2.75) is 37.8 Å². The van der Waals surface area contributed by atoms with Crippen molar-refractivity contribution in [2.24, 2.45) is 0 Å². The Morgan fingerprint density at radius 2 is 2.15 bits per heavy atom. The Morgan fingerprint density at radius 3 is 3.00 bits per heavy atom. The van der Waals surface area contributed by atoms with Crippen LogP contribution in [0.2, 0.25) is 0 Å². The number of benzene rings is 1. The topological polar surface area (TPSA) is 55.6 Å². The number of nitrogens with two attached hydrogens (primary N) is 1. The van der Waals surface area contributed by atoms with Crippen molar-refractivity contribution >= 4 is 11.6 Å². The number of ether oxygens (including phenoxy) is 1. The molecule has 3 rings (SSSR count). The molecule has 2 fully saturated rings. The molecule has 1 aromatic rings. The summed E-state index contributed by atoms with van der Waals surface area (Å²) in [6, 6.07) is 4.05. The van der Waals surface area contributed by atoms with Gasteiger partial charge in [-0.1, -0.05) is 12.8 Å². The van der Waals surface area contributed by atoms with Crippen molar-refractivity contribution in [3.63, 3.8) is 0 Å². The normalized spacial score (nSPS) is 26.1. The molecule has 2 aliphatic rings. The Labute approximate surface area is 117 Å². The predicted molar refractivity (Wildman–Crippen MR) is 73.8 cm³/mol. The minimum Gasteiger partial charge on any atom is -0.398 e. The molecule has 1 aromatic carbocycles. The van der Waals surface area contributed by atoms with Crippen LogP contribution in [-0.2, 0) is 4.74 Å². The van der Waals surface area contributed by atoms with Crippen LogP contribution in [0.25, 0.3) is 0 Å². The number of nitrogen functional groups attached to an aromatic ring is 1. The molecule has 5 heteroatoms. The lowest BCUT2D eigenvalue weighted by Crippen LogP contribution is -2.54. The second-order valence-corrected chi connectivity index (χ2v) is 5.49. The van der Waals surface area contributed by atoms with E-state index in [2.05, 4.69) is 0 Å². The lowest BCUT2D eigenvalue weighted by molar-refractivity contribution is -0.0752. The van der Waals surface area contributed by atoms with Crippen LogP contribution in [0.1, 0.15) is 36.0 Å². The first-order valence-electron chi connectivity index (χ1n) is 7.14. The molecule has 0 spiro atoms. The van der Waals surface area contributed by atoms with Crippen molar-refractivity contribution in [3.8, 4) is 0 Å². The van der Waals surface area contributed by atoms with Crippen molar-refractivity contribution < 1.29 is 13.9 Å². The van der Waals surface area contributed by atoms with Gasteiger partial charge in [0.2, 0.25) is 0 Å². The number of rotatable bonds is 1. The van der Waals surface area contributed by atoms with E-state index in [0.29, 0.717) is 18.8 Å². The highest BCUT2D eigenvalue weighted by Crippen LogP contribution is 2.30. The molecule has 1 saturated heterocycles. The number of amides is 1. The van der Waals surface area contributed by atoms with Gasteiger partial charge in [0.25, 0.3) is 5.91 Å². The monoisotopic (exact) mass is 278 g/mol. The highest BCUT2D eigenvalue weighted by Gasteiger charge is 2.37. The number of nitrogens with zero attached hydrogens (tertiary/aromatic N) is 1. The van der Waals surface area contributed by atoms with Crippen LogP contribution in [-0.4, -0.2) is 36.1 Å². The van der Waals surface area contributed by atoms with Crippen molar-refractivity contribution in [2.75, 3.05) is 18.9 Å². The van der Waals surface area contributed by atoms with Crippen molar-refractivity contribution in [1.82, 2.24) is 4.90 Å². The summed E-state index contributed by atoms with van der Waals surface area (Å²) in [5.41, 5.74) is 6.41. The molecule has 0 radical (unpaired) electrons. The van der Waals surface area contributed by atoms with E-state index in [9.17, 15) is 9.18 Å². The molecule has 20 heavy (non-hydrogen) atoms. The molecule has 0 aromatic heterocycles. The number of carbonyl (C=O) groups is 1. The van der Waals surface area contributed by atoms with Crippen LogP contribution < -0.4 is 5.73 Å².